The molecule has 0 spiro atoms. The van der Waals surface area contributed by atoms with E-state index in [2.05, 4.69) is 54.2 Å². The van der Waals surface area contributed by atoms with Gasteiger partial charge in [-0.15, -0.1) is 23.1 Å². The van der Waals surface area contributed by atoms with Gasteiger partial charge in [-0.2, -0.15) is 12.6 Å². The van der Waals surface area contributed by atoms with Crippen LogP contribution in [0.1, 0.15) is 11.9 Å². The fraction of sp³-hybridized carbons (Fsp3) is 0.250. The van der Waals surface area contributed by atoms with Crippen molar-refractivity contribution in [1.82, 2.24) is 4.98 Å². The first kappa shape index (κ1) is 12.0. The van der Waals surface area contributed by atoms with E-state index in [0.29, 0.717) is 5.75 Å². The van der Waals surface area contributed by atoms with Gasteiger partial charge in [-0.25, -0.2) is 4.98 Å². The Labute approximate surface area is 110 Å². The van der Waals surface area contributed by atoms with Gasteiger partial charge in [-0.1, -0.05) is 19.1 Å². The number of nitrogens with zero attached hydrogens (tertiary/aromatic N) is 1. The third-order valence-corrected chi connectivity index (χ3v) is 4.40. The van der Waals surface area contributed by atoms with Gasteiger partial charge in [0.2, 0.25) is 0 Å². The highest BCUT2D eigenvalue weighted by molar-refractivity contribution is 7.99. The lowest BCUT2D eigenvalue weighted by atomic mass is 10.2. The van der Waals surface area contributed by atoms with Gasteiger partial charge in [-0.05, 0) is 17.9 Å². The van der Waals surface area contributed by atoms with E-state index in [1.807, 2.05) is 11.8 Å². The molecule has 4 heteroatoms. The minimum atomic E-state index is 0.717. The Morgan fingerprint density at radius 2 is 2.06 bits per heavy atom. The third kappa shape index (κ3) is 2.81. The number of hydrogen-bond acceptors (Lipinski definition) is 4. The van der Waals surface area contributed by atoms with Crippen LogP contribution in [-0.4, -0.2) is 10.7 Å². The Morgan fingerprint density at radius 3 is 2.62 bits per heavy atom. The standard InChI is InChI=1S/C12H13NS3/c1-2-15-10-5-3-9(4-6-10)11-8-16-12(7-14)13-11/h3-6,8,14H,2,7H2,1H3. The number of benzene rings is 1. The summed E-state index contributed by atoms with van der Waals surface area (Å²) in [5.74, 6) is 1.83. The smallest absolute Gasteiger partial charge is 0.103 e. The molecule has 1 aromatic heterocycles. The molecule has 0 saturated carbocycles. The molecule has 1 nitrogen and oxygen atoms in total. The summed E-state index contributed by atoms with van der Waals surface area (Å²) in [6.07, 6.45) is 0. The van der Waals surface area contributed by atoms with Crippen molar-refractivity contribution in [2.45, 2.75) is 17.6 Å². The van der Waals surface area contributed by atoms with Crippen LogP contribution >= 0.6 is 35.7 Å². The van der Waals surface area contributed by atoms with Crippen molar-refractivity contribution in [3.05, 3.63) is 34.7 Å². The molecule has 0 aliphatic rings. The second-order valence-electron chi connectivity index (χ2n) is 3.24. The molecule has 0 N–H and O–H groups in total. The Morgan fingerprint density at radius 1 is 1.31 bits per heavy atom. The van der Waals surface area contributed by atoms with E-state index >= 15 is 0 Å². The lowest BCUT2D eigenvalue weighted by Gasteiger charge is -2.00. The molecule has 0 radical (unpaired) electrons. The third-order valence-electron chi connectivity index (χ3n) is 2.15. The van der Waals surface area contributed by atoms with Crippen molar-refractivity contribution in [3.63, 3.8) is 0 Å². The number of thiol groups is 1. The zero-order chi connectivity index (χ0) is 11.4. The van der Waals surface area contributed by atoms with Gasteiger partial charge in [0.05, 0.1) is 5.69 Å². The van der Waals surface area contributed by atoms with Crippen LogP contribution in [0.5, 0.6) is 0 Å². The molecular weight excluding hydrogens is 254 g/mol. The highest BCUT2D eigenvalue weighted by Gasteiger charge is 2.03. The predicted octanol–water partition coefficient (Wildman–Crippen LogP) is 4.35. The highest BCUT2D eigenvalue weighted by Crippen LogP contribution is 2.25. The Balaban J connectivity index is 2.20. The quantitative estimate of drug-likeness (QED) is 0.653. The number of rotatable bonds is 4. The maximum absolute atomic E-state index is 4.51. The minimum absolute atomic E-state index is 0.717. The highest BCUT2D eigenvalue weighted by atomic mass is 32.2. The topological polar surface area (TPSA) is 12.9 Å². The normalized spacial score (nSPS) is 10.6. The number of thiazole rings is 1. The Bertz CT molecular complexity index is 448. The second kappa shape index (κ2) is 5.75. The van der Waals surface area contributed by atoms with Gasteiger partial charge in [0.25, 0.3) is 0 Å². The molecule has 0 bridgehead atoms. The van der Waals surface area contributed by atoms with E-state index in [1.165, 1.54) is 10.5 Å². The lowest BCUT2D eigenvalue weighted by Crippen LogP contribution is -1.80. The van der Waals surface area contributed by atoms with E-state index < -0.39 is 0 Å². The summed E-state index contributed by atoms with van der Waals surface area (Å²) in [5.41, 5.74) is 2.24. The fourth-order valence-corrected chi connectivity index (χ4v) is 3.02. The van der Waals surface area contributed by atoms with E-state index in [-0.39, 0.29) is 0 Å². The average molecular weight is 267 g/mol. The molecular formula is C12H13NS3. The van der Waals surface area contributed by atoms with Crippen LogP contribution in [-0.2, 0) is 5.75 Å². The van der Waals surface area contributed by atoms with Crippen LogP contribution in [0.3, 0.4) is 0 Å². The molecule has 2 aromatic rings. The summed E-state index contributed by atoms with van der Waals surface area (Å²) in [4.78, 5) is 5.83. The fourth-order valence-electron chi connectivity index (χ4n) is 1.40. The Hall–Kier alpha value is -0.450. The molecule has 0 amide bonds. The van der Waals surface area contributed by atoms with Crippen LogP contribution in [0.4, 0.5) is 0 Å². The van der Waals surface area contributed by atoms with Gasteiger partial charge in [-0.3, -0.25) is 0 Å². The van der Waals surface area contributed by atoms with E-state index in [0.717, 1.165) is 16.5 Å². The maximum Gasteiger partial charge on any atom is 0.103 e. The van der Waals surface area contributed by atoms with Crippen LogP contribution < -0.4 is 0 Å². The van der Waals surface area contributed by atoms with Crippen molar-refractivity contribution in [2.24, 2.45) is 0 Å². The zero-order valence-electron chi connectivity index (χ0n) is 9.01. The number of hydrogen-bond donors (Lipinski definition) is 1. The molecule has 84 valence electrons. The zero-order valence-corrected chi connectivity index (χ0v) is 11.5. The van der Waals surface area contributed by atoms with Crippen molar-refractivity contribution in [3.8, 4) is 11.3 Å². The van der Waals surface area contributed by atoms with Crippen molar-refractivity contribution in [2.75, 3.05) is 5.75 Å². The van der Waals surface area contributed by atoms with Gasteiger partial charge >= 0.3 is 0 Å². The first-order valence-corrected chi connectivity index (χ1v) is 7.61. The molecule has 0 unspecified atom stereocenters. The van der Waals surface area contributed by atoms with Gasteiger partial charge in [0, 0.05) is 21.6 Å². The largest absolute Gasteiger partial charge is 0.240 e. The van der Waals surface area contributed by atoms with Gasteiger partial charge < -0.3 is 0 Å². The summed E-state index contributed by atoms with van der Waals surface area (Å²) in [7, 11) is 0. The van der Waals surface area contributed by atoms with Crippen molar-refractivity contribution in [1.29, 1.82) is 0 Å². The summed E-state index contributed by atoms with van der Waals surface area (Å²) in [6.45, 7) is 2.16. The molecule has 0 aliphatic carbocycles. The number of aromatic nitrogens is 1. The van der Waals surface area contributed by atoms with Crippen LogP contribution in [0, 0.1) is 0 Å². The average Bonchev–Trinajstić information content (AvgIpc) is 2.79. The lowest BCUT2D eigenvalue weighted by molar-refractivity contribution is 1.27. The van der Waals surface area contributed by atoms with E-state index in [4.69, 9.17) is 0 Å². The summed E-state index contributed by atoms with van der Waals surface area (Å²) in [6, 6.07) is 8.58. The predicted molar refractivity (Wildman–Crippen MR) is 76.6 cm³/mol. The molecule has 0 saturated heterocycles. The van der Waals surface area contributed by atoms with Crippen LogP contribution in [0.2, 0.25) is 0 Å². The second-order valence-corrected chi connectivity index (χ2v) is 5.84. The Kier molecular flexibility index (Phi) is 4.32. The molecule has 0 aliphatic heterocycles. The molecule has 1 heterocycles. The van der Waals surface area contributed by atoms with E-state index in [1.54, 1.807) is 11.3 Å². The SMILES string of the molecule is CCSc1ccc(-c2csc(CS)n2)cc1. The van der Waals surface area contributed by atoms with Crippen molar-refractivity contribution >= 4 is 35.7 Å². The summed E-state index contributed by atoms with van der Waals surface area (Å²) in [5, 5.41) is 3.17. The summed E-state index contributed by atoms with van der Waals surface area (Å²) < 4.78 is 0. The minimum Gasteiger partial charge on any atom is -0.240 e. The van der Waals surface area contributed by atoms with Crippen molar-refractivity contribution < 1.29 is 0 Å². The molecule has 1 aromatic carbocycles. The first-order valence-electron chi connectivity index (χ1n) is 5.12. The molecule has 2 rings (SSSR count). The molecule has 0 atom stereocenters. The number of thioether (sulfide) groups is 1. The maximum atomic E-state index is 4.51. The van der Waals surface area contributed by atoms with Crippen LogP contribution in [0.15, 0.2) is 34.5 Å². The van der Waals surface area contributed by atoms with E-state index in [9.17, 15) is 0 Å². The monoisotopic (exact) mass is 267 g/mol. The van der Waals surface area contributed by atoms with Gasteiger partial charge in [0.1, 0.15) is 5.01 Å². The summed E-state index contributed by atoms with van der Waals surface area (Å²) >= 11 is 7.75. The molecule has 16 heavy (non-hydrogen) atoms. The van der Waals surface area contributed by atoms with Crippen LogP contribution in [0.25, 0.3) is 11.3 Å². The van der Waals surface area contributed by atoms with Gasteiger partial charge in [0.15, 0.2) is 0 Å². The first-order chi connectivity index (χ1) is 7.83. The molecule has 0 fully saturated rings.